The fraction of sp³-hybridized carbons (Fsp3) is 0.688. The van der Waals surface area contributed by atoms with Gasteiger partial charge in [-0.2, -0.15) is 0 Å². The smallest absolute Gasteiger partial charge is 0.330 e. The highest BCUT2D eigenvalue weighted by atomic mass is 16.6. The third-order valence-electron chi connectivity index (χ3n) is 3.76. The molecule has 0 aromatic rings. The molecule has 2 rings (SSSR count). The van der Waals surface area contributed by atoms with Gasteiger partial charge in [-0.25, -0.2) is 4.79 Å². The zero-order valence-electron chi connectivity index (χ0n) is 12.1. The highest BCUT2D eigenvalue weighted by molar-refractivity contribution is 5.82. The number of fused-ring (bicyclic) bond motifs is 2. The lowest BCUT2D eigenvalue weighted by molar-refractivity contribution is -0.199. The molecule has 2 heterocycles. The minimum Gasteiger partial charge on any atom is -0.459 e. The molecule has 3 atom stereocenters. The third-order valence-corrected chi connectivity index (χ3v) is 3.76. The first kappa shape index (κ1) is 15.3. The standard InChI is InChI=1S/C16H24O4/c1-12-7-5-3-2-4-6-8-13-10-14(11-16(18)19-13)20-15(17)9-12/h2-3,9,13-14,16,18H,4-8,10-11H2,1H3/t13-,14?,16-/m1/s1. The second-order valence-electron chi connectivity index (χ2n) is 5.67. The van der Waals surface area contributed by atoms with Gasteiger partial charge in [0.05, 0.1) is 6.10 Å². The molecule has 1 N–H and O–H groups in total. The Kier molecular flexibility index (Phi) is 5.80. The molecule has 1 fully saturated rings. The van der Waals surface area contributed by atoms with E-state index in [2.05, 4.69) is 12.2 Å². The van der Waals surface area contributed by atoms with Gasteiger partial charge in [0, 0.05) is 18.9 Å². The third kappa shape index (κ3) is 5.10. The van der Waals surface area contributed by atoms with Crippen molar-refractivity contribution >= 4 is 5.97 Å². The molecular weight excluding hydrogens is 256 g/mol. The Labute approximate surface area is 120 Å². The lowest BCUT2D eigenvalue weighted by Gasteiger charge is -2.32. The number of hydrogen-bond donors (Lipinski definition) is 1. The molecule has 2 aliphatic rings. The van der Waals surface area contributed by atoms with Crippen LogP contribution in [-0.4, -0.2) is 29.6 Å². The van der Waals surface area contributed by atoms with Crippen molar-refractivity contribution in [2.45, 2.75) is 70.4 Å². The highest BCUT2D eigenvalue weighted by Gasteiger charge is 2.30. The molecule has 20 heavy (non-hydrogen) atoms. The van der Waals surface area contributed by atoms with Gasteiger partial charge >= 0.3 is 5.97 Å². The van der Waals surface area contributed by atoms with Gasteiger partial charge in [0.25, 0.3) is 0 Å². The SMILES string of the molecule is CC1=CC(=O)OC2C[C@@H](CCCC=CCC1)O[C@@H](O)C2. The Hall–Kier alpha value is -1.13. The van der Waals surface area contributed by atoms with E-state index in [1.165, 1.54) is 0 Å². The molecule has 2 bridgehead atoms. The fourth-order valence-corrected chi connectivity index (χ4v) is 2.71. The van der Waals surface area contributed by atoms with Crippen molar-refractivity contribution in [1.29, 1.82) is 0 Å². The highest BCUT2D eigenvalue weighted by Crippen LogP contribution is 2.25. The first-order valence-corrected chi connectivity index (χ1v) is 7.50. The van der Waals surface area contributed by atoms with Crippen LogP contribution in [0.4, 0.5) is 0 Å². The number of esters is 1. The van der Waals surface area contributed by atoms with Gasteiger partial charge in [-0.15, -0.1) is 0 Å². The number of allylic oxidation sites excluding steroid dienone is 3. The van der Waals surface area contributed by atoms with Crippen molar-refractivity contribution in [2.24, 2.45) is 0 Å². The van der Waals surface area contributed by atoms with E-state index in [-0.39, 0.29) is 18.2 Å². The molecule has 1 saturated heterocycles. The Morgan fingerprint density at radius 1 is 1.20 bits per heavy atom. The number of rotatable bonds is 0. The number of carbonyl (C=O) groups is 1. The number of carbonyl (C=O) groups excluding carboxylic acids is 1. The Morgan fingerprint density at radius 3 is 2.85 bits per heavy atom. The van der Waals surface area contributed by atoms with Gasteiger partial charge in [0.15, 0.2) is 6.29 Å². The average Bonchev–Trinajstić information content (AvgIpc) is 2.35. The number of aliphatic hydroxyl groups is 1. The van der Waals surface area contributed by atoms with E-state index in [1.807, 2.05) is 6.92 Å². The summed E-state index contributed by atoms with van der Waals surface area (Å²) in [6.07, 6.45) is 10.7. The Balaban J connectivity index is 2.03. The molecule has 112 valence electrons. The first-order chi connectivity index (χ1) is 9.63. The molecule has 4 heteroatoms. The van der Waals surface area contributed by atoms with Crippen molar-refractivity contribution < 1.29 is 19.4 Å². The van der Waals surface area contributed by atoms with Gasteiger partial charge < -0.3 is 14.6 Å². The summed E-state index contributed by atoms with van der Waals surface area (Å²) in [5.41, 5.74) is 1.03. The van der Waals surface area contributed by atoms with Crippen LogP contribution >= 0.6 is 0 Å². The van der Waals surface area contributed by atoms with E-state index >= 15 is 0 Å². The minimum absolute atomic E-state index is 0.0158. The van der Waals surface area contributed by atoms with E-state index in [0.717, 1.165) is 37.7 Å². The van der Waals surface area contributed by atoms with Crippen molar-refractivity contribution in [3.63, 3.8) is 0 Å². The molecule has 0 spiro atoms. The van der Waals surface area contributed by atoms with E-state index in [4.69, 9.17) is 9.47 Å². The fourth-order valence-electron chi connectivity index (χ4n) is 2.71. The van der Waals surface area contributed by atoms with Crippen LogP contribution in [0.15, 0.2) is 23.8 Å². The Morgan fingerprint density at radius 2 is 2.00 bits per heavy atom. The average molecular weight is 280 g/mol. The van der Waals surface area contributed by atoms with Crippen molar-refractivity contribution in [3.05, 3.63) is 23.8 Å². The van der Waals surface area contributed by atoms with Crippen molar-refractivity contribution in [2.75, 3.05) is 0 Å². The van der Waals surface area contributed by atoms with Crippen molar-refractivity contribution in [3.8, 4) is 0 Å². The quantitative estimate of drug-likeness (QED) is 0.547. The summed E-state index contributed by atoms with van der Waals surface area (Å²) in [6.45, 7) is 1.95. The van der Waals surface area contributed by atoms with Crippen LogP contribution in [0.25, 0.3) is 0 Å². The largest absolute Gasteiger partial charge is 0.459 e. The lowest BCUT2D eigenvalue weighted by atomic mass is 10.00. The number of ether oxygens (including phenoxy) is 2. The molecule has 0 aromatic heterocycles. The molecule has 0 radical (unpaired) electrons. The van der Waals surface area contributed by atoms with E-state index in [9.17, 15) is 9.90 Å². The van der Waals surface area contributed by atoms with Crippen LogP contribution in [-0.2, 0) is 14.3 Å². The summed E-state index contributed by atoms with van der Waals surface area (Å²) in [7, 11) is 0. The second-order valence-corrected chi connectivity index (χ2v) is 5.67. The molecule has 0 aliphatic carbocycles. The monoisotopic (exact) mass is 280 g/mol. The normalized spacial score (nSPS) is 33.0. The van der Waals surface area contributed by atoms with Crippen LogP contribution in [0.3, 0.4) is 0 Å². The van der Waals surface area contributed by atoms with Crippen LogP contribution in [0.1, 0.15) is 51.9 Å². The second kappa shape index (κ2) is 7.60. The van der Waals surface area contributed by atoms with Crippen molar-refractivity contribution in [1.82, 2.24) is 0 Å². The molecular formula is C16H24O4. The molecule has 1 unspecified atom stereocenters. The summed E-state index contributed by atoms with van der Waals surface area (Å²) in [5, 5.41) is 9.72. The van der Waals surface area contributed by atoms with E-state index in [1.54, 1.807) is 6.08 Å². The summed E-state index contributed by atoms with van der Waals surface area (Å²) < 4.78 is 10.9. The Bertz CT molecular complexity index is 386. The molecule has 0 aromatic carbocycles. The summed E-state index contributed by atoms with van der Waals surface area (Å²) in [5.74, 6) is -0.304. The van der Waals surface area contributed by atoms with Gasteiger partial charge in [0.2, 0.25) is 0 Å². The van der Waals surface area contributed by atoms with Gasteiger partial charge in [0.1, 0.15) is 6.10 Å². The molecule has 2 aliphatic heterocycles. The topological polar surface area (TPSA) is 55.8 Å². The first-order valence-electron chi connectivity index (χ1n) is 7.50. The predicted octanol–water partition coefficient (Wildman–Crippen LogP) is 2.86. The number of hydrogen-bond acceptors (Lipinski definition) is 4. The van der Waals surface area contributed by atoms with Crippen LogP contribution < -0.4 is 0 Å². The lowest BCUT2D eigenvalue weighted by Crippen LogP contribution is -2.37. The zero-order chi connectivity index (χ0) is 14.4. The summed E-state index contributed by atoms with van der Waals surface area (Å²) in [4.78, 5) is 11.8. The van der Waals surface area contributed by atoms with Crippen LogP contribution in [0.2, 0.25) is 0 Å². The minimum atomic E-state index is -0.819. The van der Waals surface area contributed by atoms with E-state index in [0.29, 0.717) is 12.8 Å². The molecule has 0 saturated carbocycles. The molecule has 4 nitrogen and oxygen atoms in total. The number of aliphatic hydroxyl groups excluding tert-OH is 1. The predicted molar refractivity (Wildman–Crippen MR) is 76.0 cm³/mol. The maximum Gasteiger partial charge on any atom is 0.330 e. The van der Waals surface area contributed by atoms with Crippen LogP contribution in [0, 0.1) is 0 Å². The summed E-state index contributed by atoms with van der Waals surface area (Å²) in [6, 6.07) is 0. The van der Waals surface area contributed by atoms with Gasteiger partial charge in [-0.3, -0.25) is 0 Å². The maximum absolute atomic E-state index is 11.8. The van der Waals surface area contributed by atoms with Gasteiger partial charge in [-0.05, 0) is 39.0 Å². The van der Waals surface area contributed by atoms with E-state index < -0.39 is 6.29 Å². The van der Waals surface area contributed by atoms with Gasteiger partial charge in [-0.1, -0.05) is 17.7 Å². The summed E-state index contributed by atoms with van der Waals surface area (Å²) >= 11 is 0. The molecule has 0 amide bonds. The zero-order valence-corrected chi connectivity index (χ0v) is 12.1. The van der Waals surface area contributed by atoms with Crippen LogP contribution in [0.5, 0.6) is 0 Å². The maximum atomic E-state index is 11.8.